The van der Waals surface area contributed by atoms with Gasteiger partial charge >= 0.3 is 35.1 Å². The van der Waals surface area contributed by atoms with Crippen LogP contribution in [-0.2, 0) is 41.1 Å². The van der Waals surface area contributed by atoms with Crippen LogP contribution in [0, 0.1) is 0 Å². The quantitative estimate of drug-likeness (QED) is 0.156. The maximum absolute atomic E-state index is 12.1. The number of hydrogen-bond acceptors (Lipinski definition) is 13. The molecular formula is C11H18N3O15P3. The standard InChI is InChI=1S/C11H18N3O15P3/c1-5(15)26-9-8(16)6(27-10(9)14-3-2-7(12)13-11(14)17)4-25-31(21,22)29-32(23,24)28-30(18,19)20/h2-3,6,8-10,16H,4H2,1H3,(H,21,22)(H,23,24)(H2,12,13,17)(H2,18,19,20)/t6-,8-,9-,10-/m1/s1. The first-order valence-corrected chi connectivity index (χ1v) is 12.7. The van der Waals surface area contributed by atoms with Crippen LogP contribution in [0.5, 0.6) is 0 Å². The van der Waals surface area contributed by atoms with Crippen molar-refractivity contribution >= 4 is 35.3 Å². The first-order valence-electron chi connectivity index (χ1n) is 8.13. The molecule has 21 heteroatoms. The number of nitrogen functional groups attached to an aromatic ring is 1. The number of aliphatic hydroxyl groups is 1. The van der Waals surface area contributed by atoms with E-state index in [0.717, 1.165) is 17.7 Å². The van der Waals surface area contributed by atoms with Gasteiger partial charge < -0.3 is 39.9 Å². The van der Waals surface area contributed by atoms with Gasteiger partial charge in [-0.05, 0) is 6.07 Å². The molecule has 2 rings (SSSR count). The zero-order chi connectivity index (χ0) is 24.5. The summed E-state index contributed by atoms with van der Waals surface area (Å²) in [5, 5.41) is 10.4. The van der Waals surface area contributed by atoms with Crippen molar-refractivity contribution in [2.45, 2.75) is 31.5 Å². The summed E-state index contributed by atoms with van der Waals surface area (Å²) in [6.07, 6.45) is -5.21. The molecule has 0 radical (unpaired) electrons. The number of rotatable bonds is 9. The van der Waals surface area contributed by atoms with E-state index in [9.17, 15) is 33.3 Å². The van der Waals surface area contributed by atoms with Gasteiger partial charge in [-0.15, -0.1) is 0 Å². The van der Waals surface area contributed by atoms with Crippen LogP contribution in [-0.4, -0.2) is 65.1 Å². The second kappa shape index (κ2) is 9.77. The SMILES string of the molecule is CC(=O)O[C@@H]1[C@H](O)[C@@H](COP(=O)(O)OP(=O)(O)OP(=O)(O)O)O[C@H]1n1ccc(N)nc1=O. The van der Waals surface area contributed by atoms with E-state index < -0.39 is 66.3 Å². The number of carbonyl (C=O) groups excluding carboxylic acids is 1. The second-order valence-electron chi connectivity index (χ2n) is 6.06. The second-order valence-corrected chi connectivity index (χ2v) is 10.5. The van der Waals surface area contributed by atoms with E-state index in [1.165, 1.54) is 6.07 Å². The van der Waals surface area contributed by atoms with Crippen molar-refractivity contribution in [1.29, 1.82) is 0 Å². The van der Waals surface area contributed by atoms with Gasteiger partial charge in [-0.1, -0.05) is 0 Å². The summed E-state index contributed by atoms with van der Waals surface area (Å²) in [5.74, 6) is -1.02. The molecule has 32 heavy (non-hydrogen) atoms. The Labute approximate surface area is 177 Å². The highest BCUT2D eigenvalue weighted by atomic mass is 31.3. The van der Waals surface area contributed by atoms with E-state index in [2.05, 4.69) is 18.1 Å². The summed E-state index contributed by atoms with van der Waals surface area (Å²) in [4.78, 5) is 62.5. The Morgan fingerprint density at radius 2 is 1.84 bits per heavy atom. The molecule has 1 fully saturated rings. The van der Waals surface area contributed by atoms with Gasteiger partial charge in [0, 0.05) is 13.1 Å². The zero-order valence-corrected chi connectivity index (χ0v) is 18.5. The lowest BCUT2D eigenvalue weighted by Gasteiger charge is -2.21. The minimum atomic E-state index is -5.75. The van der Waals surface area contributed by atoms with Crippen molar-refractivity contribution in [1.82, 2.24) is 9.55 Å². The van der Waals surface area contributed by atoms with Gasteiger partial charge in [0.15, 0.2) is 12.3 Å². The Balaban J connectivity index is 2.17. The Morgan fingerprint density at radius 3 is 2.38 bits per heavy atom. The highest BCUT2D eigenvalue weighted by molar-refractivity contribution is 7.66. The molecule has 2 unspecified atom stereocenters. The molecule has 0 aromatic carbocycles. The smallest absolute Gasteiger partial charge is 0.455 e. The molecule has 1 aliphatic rings. The monoisotopic (exact) mass is 525 g/mol. The fourth-order valence-corrected chi connectivity index (χ4v) is 5.52. The topological polar surface area (TPSA) is 276 Å². The van der Waals surface area contributed by atoms with Crippen LogP contribution in [0.3, 0.4) is 0 Å². The lowest BCUT2D eigenvalue weighted by atomic mass is 10.1. The lowest BCUT2D eigenvalue weighted by molar-refractivity contribution is -0.156. The number of anilines is 1. The van der Waals surface area contributed by atoms with E-state index in [1.807, 2.05) is 0 Å². The van der Waals surface area contributed by atoms with Crippen molar-refractivity contribution in [3.63, 3.8) is 0 Å². The highest BCUT2D eigenvalue weighted by Crippen LogP contribution is 2.66. The molecule has 2 heterocycles. The van der Waals surface area contributed by atoms with Crippen LogP contribution in [0.4, 0.5) is 5.82 Å². The number of nitrogens with two attached hydrogens (primary N) is 1. The number of carbonyl (C=O) groups is 1. The van der Waals surface area contributed by atoms with Crippen LogP contribution in [0.1, 0.15) is 13.2 Å². The maximum Gasteiger partial charge on any atom is 0.490 e. The fraction of sp³-hybridized carbons (Fsp3) is 0.545. The van der Waals surface area contributed by atoms with Gasteiger partial charge in [0.1, 0.15) is 18.0 Å². The molecule has 18 nitrogen and oxygen atoms in total. The van der Waals surface area contributed by atoms with Gasteiger partial charge in [-0.2, -0.15) is 13.6 Å². The summed E-state index contributed by atoms with van der Waals surface area (Å²) in [6.45, 7) is -0.0521. The molecule has 1 aromatic heterocycles. The Kier molecular flexibility index (Phi) is 8.16. The average molecular weight is 525 g/mol. The predicted molar refractivity (Wildman–Crippen MR) is 98.2 cm³/mol. The van der Waals surface area contributed by atoms with Gasteiger partial charge in [0.2, 0.25) is 0 Å². The largest absolute Gasteiger partial charge is 0.490 e. The number of nitrogens with zero attached hydrogens (tertiary/aromatic N) is 2. The van der Waals surface area contributed by atoms with E-state index >= 15 is 0 Å². The van der Waals surface area contributed by atoms with Crippen molar-refractivity contribution < 1.29 is 65.8 Å². The van der Waals surface area contributed by atoms with Crippen LogP contribution >= 0.6 is 23.5 Å². The minimum Gasteiger partial charge on any atom is -0.455 e. The molecule has 1 aliphatic heterocycles. The predicted octanol–water partition coefficient (Wildman–Crippen LogP) is -1.64. The van der Waals surface area contributed by atoms with E-state index in [1.54, 1.807) is 0 Å². The molecule has 6 atom stereocenters. The minimum absolute atomic E-state index is 0.141. The molecule has 182 valence electrons. The molecule has 0 aliphatic carbocycles. The van der Waals surface area contributed by atoms with E-state index in [-0.39, 0.29) is 5.82 Å². The summed E-state index contributed by atoms with van der Waals surface area (Å²) < 4.78 is 56.4. The Hall–Kier alpha value is -1.52. The number of ether oxygens (including phenoxy) is 2. The first-order chi connectivity index (χ1) is 14.5. The molecule has 7 N–H and O–H groups in total. The van der Waals surface area contributed by atoms with Crippen molar-refractivity contribution in [2.24, 2.45) is 0 Å². The number of aliphatic hydroxyl groups excluding tert-OH is 1. The summed E-state index contributed by atoms with van der Waals surface area (Å²) >= 11 is 0. The van der Waals surface area contributed by atoms with E-state index in [0.29, 0.717) is 0 Å². The Bertz CT molecular complexity index is 1050. The molecular weight excluding hydrogens is 507 g/mol. The van der Waals surface area contributed by atoms with Crippen LogP contribution in [0.25, 0.3) is 0 Å². The van der Waals surface area contributed by atoms with Crippen molar-refractivity contribution in [3.8, 4) is 0 Å². The summed E-state index contributed by atoms with van der Waals surface area (Å²) in [5.41, 5.74) is 4.43. The van der Waals surface area contributed by atoms with Gasteiger partial charge in [0.05, 0.1) is 6.61 Å². The number of esters is 1. The van der Waals surface area contributed by atoms with Crippen LogP contribution < -0.4 is 11.4 Å². The number of phosphoric acid groups is 3. The van der Waals surface area contributed by atoms with E-state index in [4.69, 9.17) is 29.9 Å². The van der Waals surface area contributed by atoms with Crippen molar-refractivity contribution in [3.05, 3.63) is 22.7 Å². The number of hydrogen-bond donors (Lipinski definition) is 6. The maximum atomic E-state index is 12.1. The molecule has 0 bridgehead atoms. The van der Waals surface area contributed by atoms with Gasteiger partial charge in [-0.3, -0.25) is 13.9 Å². The number of aromatic nitrogens is 2. The van der Waals surface area contributed by atoms with Gasteiger partial charge in [-0.25, -0.2) is 18.5 Å². The normalized spacial score (nSPS) is 27.4. The molecule has 1 saturated heterocycles. The highest BCUT2D eigenvalue weighted by Gasteiger charge is 2.49. The van der Waals surface area contributed by atoms with Crippen LogP contribution in [0.2, 0.25) is 0 Å². The average Bonchev–Trinajstić information content (AvgIpc) is 2.85. The Morgan fingerprint density at radius 1 is 1.22 bits per heavy atom. The molecule has 1 aromatic rings. The third-order valence-electron chi connectivity index (χ3n) is 3.56. The van der Waals surface area contributed by atoms with Gasteiger partial charge in [0.25, 0.3) is 0 Å². The van der Waals surface area contributed by atoms with Crippen molar-refractivity contribution in [2.75, 3.05) is 12.3 Å². The summed E-state index contributed by atoms with van der Waals surface area (Å²) in [6, 6.07) is 1.20. The van der Waals surface area contributed by atoms with Crippen LogP contribution in [0.15, 0.2) is 17.1 Å². The lowest BCUT2D eigenvalue weighted by Crippen LogP contribution is -2.39. The first kappa shape index (κ1) is 26.7. The molecule has 0 saturated carbocycles. The fourth-order valence-electron chi connectivity index (χ4n) is 2.49. The molecule has 0 amide bonds. The molecule has 0 spiro atoms. The number of phosphoric ester groups is 1. The summed E-state index contributed by atoms with van der Waals surface area (Å²) in [7, 11) is -16.8. The third-order valence-corrected chi connectivity index (χ3v) is 7.36. The zero-order valence-electron chi connectivity index (χ0n) is 15.8. The third kappa shape index (κ3) is 7.52.